The van der Waals surface area contributed by atoms with Gasteiger partial charge in [0, 0.05) is 25.2 Å². The van der Waals surface area contributed by atoms with Crippen LogP contribution in [-0.4, -0.2) is 43.9 Å². The van der Waals surface area contributed by atoms with Crippen molar-refractivity contribution in [2.24, 2.45) is 0 Å². The smallest absolute Gasteiger partial charge is 0.315 e. The van der Waals surface area contributed by atoms with Crippen LogP contribution in [0.1, 0.15) is 31.4 Å². The summed E-state index contributed by atoms with van der Waals surface area (Å²) in [5, 5.41) is 5.59. The number of hydrogen-bond acceptors (Lipinski definition) is 3. The Hall–Kier alpha value is -1.60. The zero-order valence-corrected chi connectivity index (χ0v) is 14.9. The van der Waals surface area contributed by atoms with E-state index in [1.807, 2.05) is 33.8 Å². The summed E-state index contributed by atoms with van der Waals surface area (Å²) in [6, 6.07) is 4.94. The predicted octanol–water partition coefficient (Wildman–Crippen LogP) is 1.77. The van der Waals surface area contributed by atoms with Gasteiger partial charge in [0.2, 0.25) is 10.0 Å². The summed E-state index contributed by atoms with van der Waals surface area (Å²) in [5.74, 6) is 0. The summed E-state index contributed by atoms with van der Waals surface area (Å²) in [6.45, 7) is 8.21. The maximum atomic E-state index is 12.8. The average molecular weight is 339 g/mol. The molecule has 0 radical (unpaired) electrons. The van der Waals surface area contributed by atoms with E-state index in [0.29, 0.717) is 24.4 Å². The maximum Gasteiger partial charge on any atom is 0.315 e. The molecule has 2 amide bonds. The number of hydrogen-bond donors (Lipinski definition) is 2. The molecule has 1 unspecified atom stereocenters. The molecule has 128 valence electrons. The molecule has 2 N–H and O–H groups in total. The van der Waals surface area contributed by atoms with Crippen LogP contribution in [0.15, 0.2) is 23.1 Å². The van der Waals surface area contributed by atoms with E-state index in [1.54, 1.807) is 12.1 Å². The fraction of sp³-hybridized carbons (Fsp3) is 0.562. The normalized spacial score (nSPS) is 19.1. The number of amides is 2. The molecule has 6 nitrogen and oxygen atoms in total. The maximum absolute atomic E-state index is 12.8. The van der Waals surface area contributed by atoms with E-state index in [1.165, 1.54) is 4.31 Å². The molecule has 1 aliphatic heterocycles. The number of urea groups is 1. The van der Waals surface area contributed by atoms with Crippen LogP contribution >= 0.6 is 0 Å². The second-order valence-corrected chi connectivity index (χ2v) is 8.23. The molecule has 23 heavy (non-hydrogen) atoms. The number of benzene rings is 1. The zero-order chi connectivity index (χ0) is 17.2. The predicted molar refractivity (Wildman–Crippen MR) is 89.9 cm³/mol. The third-order valence-electron chi connectivity index (χ3n) is 4.08. The van der Waals surface area contributed by atoms with E-state index < -0.39 is 10.0 Å². The SMILES string of the molecule is Cc1cccc(S(=O)(=O)N2CCC(NC(=O)NC(C)C)C2)c1C. The van der Waals surface area contributed by atoms with Crippen molar-refractivity contribution in [1.29, 1.82) is 0 Å². The molecule has 0 bridgehead atoms. The third kappa shape index (κ3) is 4.03. The number of carbonyl (C=O) groups is 1. The van der Waals surface area contributed by atoms with Crippen LogP contribution in [0.2, 0.25) is 0 Å². The highest BCUT2D eigenvalue weighted by molar-refractivity contribution is 7.89. The van der Waals surface area contributed by atoms with Crippen molar-refractivity contribution in [3.8, 4) is 0 Å². The number of aryl methyl sites for hydroxylation is 1. The molecule has 1 aromatic carbocycles. The van der Waals surface area contributed by atoms with E-state index in [4.69, 9.17) is 0 Å². The summed E-state index contributed by atoms with van der Waals surface area (Å²) < 4.78 is 27.1. The summed E-state index contributed by atoms with van der Waals surface area (Å²) in [6.07, 6.45) is 0.621. The van der Waals surface area contributed by atoms with Crippen molar-refractivity contribution in [2.45, 2.75) is 51.1 Å². The first kappa shape index (κ1) is 17.7. The minimum Gasteiger partial charge on any atom is -0.336 e. The molecule has 0 aliphatic carbocycles. The second kappa shape index (κ2) is 6.88. The summed E-state index contributed by atoms with van der Waals surface area (Å²) in [4.78, 5) is 12.1. The van der Waals surface area contributed by atoms with Crippen molar-refractivity contribution in [3.63, 3.8) is 0 Å². The quantitative estimate of drug-likeness (QED) is 0.877. The summed E-state index contributed by atoms with van der Waals surface area (Å²) >= 11 is 0. The molecule has 1 atom stereocenters. The molecule has 0 spiro atoms. The van der Waals surface area contributed by atoms with Gasteiger partial charge in [0.25, 0.3) is 0 Å². The van der Waals surface area contributed by atoms with Crippen molar-refractivity contribution < 1.29 is 13.2 Å². The van der Waals surface area contributed by atoms with Crippen molar-refractivity contribution >= 4 is 16.1 Å². The van der Waals surface area contributed by atoms with Gasteiger partial charge in [-0.25, -0.2) is 13.2 Å². The Labute approximate surface area is 138 Å². The van der Waals surface area contributed by atoms with Gasteiger partial charge in [0.15, 0.2) is 0 Å². The van der Waals surface area contributed by atoms with Gasteiger partial charge in [-0.05, 0) is 51.3 Å². The van der Waals surface area contributed by atoms with Crippen molar-refractivity contribution in [1.82, 2.24) is 14.9 Å². The van der Waals surface area contributed by atoms with Crippen LogP contribution in [0.25, 0.3) is 0 Å². The van der Waals surface area contributed by atoms with E-state index >= 15 is 0 Å². The van der Waals surface area contributed by atoms with Crippen LogP contribution in [0.3, 0.4) is 0 Å². The number of sulfonamides is 1. The molecule has 2 rings (SSSR count). The Bertz CT molecular complexity index is 686. The molecule has 0 saturated carbocycles. The molecular formula is C16H25N3O3S. The standard InChI is InChI=1S/C16H25N3O3S/c1-11(2)17-16(20)18-14-8-9-19(10-14)23(21,22)15-7-5-6-12(3)13(15)4/h5-7,11,14H,8-10H2,1-4H3,(H2,17,18,20). The van der Waals surface area contributed by atoms with E-state index in [-0.39, 0.29) is 18.1 Å². The topological polar surface area (TPSA) is 78.5 Å². The van der Waals surface area contributed by atoms with Crippen molar-refractivity contribution in [2.75, 3.05) is 13.1 Å². The largest absolute Gasteiger partial charge is 0.336 e. The summed E-state index contributed by atoms with van der Waals surface area (Å²) in [7, 11) is -3.52. The second-order valence-electron chi connectivity index (χ2n) is 6.32. The number of rotatable bonds is 4. The Morgan fingerprint density at radius 3 is 2.65 bits per heavy atom. The Kier molecular flexibility index (Phi) is 5.31. The molecular weight excluding hydrogens is 314 g/mol. The molecule has 1 aromatic rings. The minimum absolute atomic E-state index is 0.0474. The molecule has 1 heterocycles. The van der Waals surface area contributed by atoms with Gasteiger partial charge in [0.05, 0.1) is 4.90 Å². The Morgan fingerprint density at radius 1 is 1.30 bits per heavy atom. The third-order valence-corrected chi connectivity index (χ3v) is 6.09. The van der Waals surface area contributed by atoms with E-state index in [9.17, 15) is 13.2 Å². The van der Waals surface area contributed by atoms with Crippen LogP contribution in [0, 0.1) is 13.8 Å². The first-order valence-electron chi connectivity index (χ1n) is 7.85. The molecule has 1 fully saturated rings. The number of nitrogens with zero attached hydrogens (tertiary/aromatic N) is 1. The van der Waals surface area contributed by atoms with Gasteiger partial charge in [-0.3, -0.25) is 0 Å². The fourth-order valence-electron chi connectivity index (χ4n) is 2.70. The highest BCUT2D eigenvalue weighted by Crippen LogP contribution is 2.25. The van der Waals surface area contributed by atoms with E-state index in [0.717, 1.165) is 11.1 Å². The van der Waals surface area contributed by atoms with E-state index in [2.05, 4.69) is 10.6 Å². The highest BCUT2D eigenvalue weighted by atomic mass is 32.2. The van der Waals surface area contributed by atoms with Gasteiger partial charge >= 0.3 is 6.03 Å². The zero-order valence-electron chi connectivity index (χ0n) is 14.1. The van der Waals surface area contributed by atoms with Gasteiger partial charge in [-0.2, -0.15) is 4.31 Å². The molecule has 1 saturated heterocycles. The average Bonchev–Trinajstić information content (AvgIpc) is 2.89. The molecule has 7 heteroatoms. The Balaban J connectivity index is 2.08. The van der Waals surface area contributed by atoms with Crippen molar-refractivity contribution in [3.05, 3.63) is 29.3 Å². The van der Waals surface area contributed by atoms with Gasteiger partial charge in [0.1, 0.15) is 0 Å². The van der Waals surface area contributed by atoms with Crippen LogP contribution in [-0.2, 0) is 10.0 Å². The fourth-order valence-corrected chi connectivity index (χ4v) is 4.49. The first-order valence-corrected chi connectivity index (χ1v) is 9.29. The first-order chi connectivity index (χ1) is 10.7. The minimum atomic E-state index is -3.52. The van der Waals surface area contributed by atoms with Gasteiger partial charge in [-0.15, -0.1) is 0 Å². The monoisotopic (exact) mass is 339 g/mol. The lowest BCUT2D eigenvalue weighted by molar-refractivity contribution is 0.235. The highest BCUT2D eigenvalue weighted by Gasteiger charge is 2.34. The number of nitrogens with one attached hydrogen (secondary N) is 2. The van der Waals surface area contributed by atoms with Crippen LogP contribution in [0.5, 0.6) is 0 Å². The van der Waals surface area contributed by atoms with Gasteiger partial charge < -0.3 is 10.6 Å². The van der Waals surface area contributed by atoms with Crippen LogP contribution < -0.4 is 10.6 Å². The van der Waals surface area contributed by atoms with Crippen LogP contribution in [0.4, 0.5) is 4.79 Å². The number of carbonyl (C=O) groups excluding carboxylic acids is 1. The summed E-state index contributed by atoms with van der Waals surface area (Å²) in [5.41, 5.74) is 1.73. The van der Waals surface area contributed by atoms with Gasteiger partial charge in [-0.1, -0.05) is 12.1 Å². The Morgan fingerprint density at radius 2 is 2.00 bits per heavy atom. The molecule has 0 aromatic heterocycles. The lowest BCUT2D eigenvalue weighted by Crippen LogP contribution is -2.45. The molecule has 1 aliphatic rings. The lowest BCUT2D eigenvalue weighted by Gasteiger charge is -2.19. The lowest BCUT2D eigenvalue weighted by atomic mass is 10.1.